The highest BCUT2D eigenvalue weighted by atomic mass is 35.5. The van der Waals surface area contributed by atoms with Crippen molar-refractivity contribution >= 4 is 44.6 Å². The summed E-state index contributed by atoms with van der Waals surface area (Å²) in [7, 11) is -3.40. The predicted octanol–water partition coefficient (Wildman–Crippen LogP) is 4.35. The van der Waals surface area contributed by atoms with E-state index >= 15 is 0 Å². The molecule has 1 fully saturated rings. The first-order valence-corrected chi connectivity index (χ1v) is 13.6. The van der Waals surface area contributed by atoms with E-state index < -0.39 is 15.4 Å². The second-order valence-corrected chi connectivity index (χ2v) is 12.1. The minimum absolute atomic E-state index is 0.0132. The van der Waals surface area contributed by atoms with Crippen LogP contribution in [0.5, 0.6) is 0 Å². The van der Waals surface area contributed by atoms with Crippen molar-refractivity contribution in [3.05, 3.63) is 40.9 Å². The van der Waals surface area contributed by atoms with Crippen molar-refractivity contribution in [1.82, 2.24) is 24.5 Å². The van der Waals surface area contributed by atoms with E-state index in [1.54, 1.807) is 34.7 Å². The summed E-state index contributed by atoms with van der Waals surface area (Å²) in [6, 6.07) is 4.79. The zero-order valence-electron chi connectivity index (χ0n) is 20.4. The summed E-state index contributed by atoms with van der Waals surface area (Å²) in [6.07, 6.45) is 4.11. The molecule has 1 saturated heterocycles. The maximum Gasteiger partial charge on any atom is 0.410 e. The van der Waals surface area contributed by atoms with E-state index in [0.717, 1.165) is 24.8 Å². The summed E-state index contributed by atoms with van der Waals surface area (Å²) in [5.74, 6) is 0.153. The number of ether oxygens (including phenoxy) is 1. The van der Waals surface area contributed by atoms with Gasteiger partial charge in [-0.2, -0.15) is 5.10 Å². The van der Waals surface area contributed by atoms with E-state index in [-0.39, 0.29) is 22.2 Å². The van der Waals surface area contributed by atoms with Crippen molar-refractivity contribution in [1.29, 1.82) is 0 Å². The maximum atomic E-state index is 12.4. The van der Waals surface area contributed by atoms with Crippen LogP contribution in [0, 0.1) is 6.92 Å². The predicted molar refractivity (Wildman–Crippen MR) is 133 cm³/mol. The monoisotopic (exact) mass is 520 g/mol. The van der Waals surface area contributed by atoms with Crippen LogP contribution in [-0.4, -0.2) is 63.9 Å². The van der Waals surface area contributed by atoms with Crippen molar-refractivity contribution in [2.75, 3.05) is 24.7 Å². The summed E-state index contributed by atoms with van der Waals surface area (Å²) in [4.78, 5) is 22.9. The zero-order valence-corrected chi connectivity index (χ0v) is 21.9. The third kappa shape index (κ3) is 5.67. The van der Waals surface area contributed by atoms with E-state index in [9.17, 15) is 13.2 Å². The Morgan fingerprint density at radius 3 is 2.49 bits per heavy atom. The van der Waals surface area contributed by atoms with Crippen LogP contribution in [0.25, 0.3) is 5.65 Å². The van der Waals surface area contributed by atoms with Crippen LogP contribution in [0.2, 0.25) is 5.15 Å². The fourth-order valence-corrected chi connectivity index (χ4v) is 4.83. The van der Waals surface area contributed by atoms with Gasteiger partial charge in [-0.25, -0.2) is 27.7 Å². The van der Waals surface area contributed by atoms with E-state index in [0.29, 0.717) is 35.8 Å². The number of hydrogen-bond donors (Lipinski definition) is 1. The molecule has 1 N–H and O–H groups in total. The Kier molecular flexibility index (Phi) is 6.67. The van der Waals surface area contributed by atoms with Crippen molar-refractivity contribution in [2.24, 2.45) is 0 Å². The van der Waals surface area contributed by atoms with E-state index in [1.165, 1.54) is 6.07 Å². The molecule has 3 aromatic rings. The number of imidazole rings is 1. The number of carbonyl (C=O) groups excluding carboxylic acids is 1. The van der Waals surface area contributed by atoms with Crippen LogP contribution in [0.15, 0.2) is 29.4 Å². The Balaban J connectivity index is 1.56. The van der Waals surface area contributed by atoms with Gasteiger partial charge in [0, 0.05) is 31.3 Å². The molecular formula is C23H29ClN6O4S. The summed E-state index contributed by atoms with van der Waals surface area (Å²) >= 11 is 6.34. The molecule has 0 bridgehead atoms. The van der Waals surface area contributed by atoms with Crippen molar-refractivity contribution in [3.63, 3.8) is 0 Å². The Labute approximate surface area is 209 Å². The van der Waals surface area contributed by atoms with Gasteiger partial charge in [-0.1, -0.05) is 11.6 Å². The number of rotatable bonds is 4. The summed E-state index contributed by atoms with van der Waals surface area (Å²) in [5, 5.41) is 8.02. The molecule has 0 atom stereocenters. The molecule has 3 aromatic heterocycles. The standard InChI is InChI=1S/C23H29ClN6O4S/c1-14-16(6-7-20(26-14)35(5,32)33)27-17-12-19(24)28-30-18(13-25-21(17)30)15-8-10-29(11-9-15)22(31)34-23(2,3)4/h6-7,12-13,15,27H,8-11H2,1-5H3. The number of likely N-dealkylation sites (tertiary alicyclic amines) is 1. The van der Waals surface area contributed by atoms with E-state index in [4.69, 9.17) is 16.3 Å². The first-order valence-electron chi connectivity index (χ1n) is 11.3. The van der Waals surface area contributed by atoms with Gasteiger partial charge in [0.2, 0.25) is 0 Å². The minimum Gasteiger partial charge on any atom is -0.444 e. The van der Waals surface area contributed by atoms with Gasteiger partial charge in [-0.3, -0.25) is 0 Å². The molecule has 10 nitrogen and oxygen atoms in total. The van der Waals surface area contributed by atoms with Crippen LogP contribution in [0.4, 0.5) is 16.2 Å². The molecule has 0 aromatic carbocycles. The van der Waals surface area contributed by atoms with Gasteiger partial charge in [0.25, 0.3) is 0 Å². The summed E-state index contributed by atoms with van der Waals surface area (Å²) in [6.45, 7) is 8.46. The number of sulfone groups is 1. The second kappa shape index (κ2) is 9.27. The summed E-state index contributed by atoms with van der Waals surface area (Å²) in [5.41, 5.74) is 2.76. The highest BCUT2D eigenvalue weighted by Crippen LogP contribution is 2.32. The number of piperidine rings is 1. The molecule has 1 aliphatic heterocycles. The van der Waals surface area contributed by atoms with Crippen molar-refractivity contribution in [2.45, 2.75) is 57.1 Å². The number of pyridine rings is 1. The van der Waals surface area contributed by atoms with Crippen molar-refractivity contribution < 1.29 is 17.9 Å². The highest BCUT2D eigenvalue weighted by Gasteiger charge is 2.29. The lowest BCUT2D eigenvalue weighted by Gasteiger charge is -2.33. The number of halogens is 1. The van der Waals surface area contributed by atoms with Crippen LogP contribution in [0.3, 0.4) is 0 Å². The smallest absolute Gasteiger partial charge is 0.410 e. The molecule has 1 amide bonds. The first kappa shape index (κ1) is 25.2. The quantitative estimate of drug-likeness (QED) is 0.539. The molecule has 0 radical (unpaired) electrons. The SMILES string of the molecule is Cc1nc(S(C)(=O)=O)ccc1Nc1cc(Cl)nn2c(C3CCN(C(=O)OC(C)(C)C)CC3)cnc12. The van der Waals surface area contributed by atoms with Crippen LogP contribution < -0.4 is 5.32 Å². The molecule has 188 valence electrons. The molecule has 0 saturated carbocycles. The third-order valence-electron chi connectivity index (χ3n) is 5.74. The molecular weight excluding hydrogens is 492 g/mol. The number of amides is 1. The maximum absolute atomic E-state index is 12.4. The van der Waals surface area contributed by atoms with Gasteiger partial charge in [0.1, 0.15) is 5.60 Å². The van der Waals surface area contributed by atoms with E-state index in [2.05, 4.69) is 20.4 Å². The molecule has 0 unspecified atom stereocenters. The molecule has 0 spiro atoms. The van der Waals surface area contributed by atoms with Gasteiger partial charge in [0.15, 0.2) is 25.7 Å². The van der Waals surface area contributed by atoms with Crippen LogP contribution >= 0.6 is 11.6 Å². The average molecular weight is 521 g/mol. The molecule has 1 aliphatic rings. The molecule has 4 heterocycles. The Bertz CT molecular complexity index is 1370. The number of fused-ring (bicyclic) bond motifs is 1. The Morgan fingerprint density at radius 1 is 1.20 bits per heavy atom. The van der Waals surface area contributed by atoms with Gasteiger partial charge in [0.05, 0.1) is 29.0 Å². The number of anilines is 2. The lowest BCUT2D eigenvalue weighted by Crippen LogP contribution is -2.41. The minimum atomic E-state index is -3.40. The average Bonchev–Trinajstić information content (AvgIpc) is 3.17. The third-order valence-corrected chi connectivity index (χ3v) is 6.91. The number of aromatic nitrogens is 4. The zero-order chi connectivity index (χ0) is 25.5. The van der Waals surface area contributed by atoms with Gasteiger partial charge in [-0.15, -0.1) is 0 Å². The van der Waals surface area contributed by atoms with E-state index in [1.807, 2.05) is 20.8 Å². The fourth-order valence-electron chi connectivity index (χ4n) is 4.03. The Morgan fingerprint density at radius 2 is 1.89 bits per heavy atom. The molecule has 35 heavy (non-hydrogen) atoms. The van der Waals surface area contributed by atoms with Crippen molar-refractivity contribution in [3.8, 4) is 0 Å². The first-order chi connectivity index (χ1) is 16.3. The van der Waals surface area contributed by atoms with Crippen LogP contribution in [-0.2, 0) is 14.6 Å². The van der Waals surface area contributed by atoms with Gasteiger partial charge < -0.3 is 15.0 Å². The number of carbonyl (C=O) groups is 1. The topological polar surface area (TPSA) is 119 Å². The lowest BCUT2D eigenvalue weighted by molar-refractivity contribution is 0.0203. The largest absolute Gasteiger partial charge is 0.444 e. The number of nitrogens with zero attached hydrogens (tertiary/aromatic N) is 5. The molecule has 12 heteroatoms. The Hall–Kier alpha value is -2.92. The fraction of sp³-hybridized carbons (Fsp3) is 0.478. The number of hydrogen-bond acceptors (Lipinski definition) is 8. The lowest BCUT2D eigenvalue weighted by atomic mass is 9.94. The van der Waals surface area contributed by atoms with Gasteiger partial charge in [-0.05, 0) is 52.7 Å². The number of aryl methyl sites for hydroxylation is 1. The second-order valence-electron chi connectivity index (χ2n) is 9.72. The molecule has 0 aliphatic carbocycles. The van der Waals surface area contributed by atoms with Gasteiger partial charge >= 0.3 is 6.09 Å². The normalized spacial score (nSPS) is 15.4. The molecule has 4 rings (SSSR count). The number of nitrogens with one attached hydrogen (secondary N) is 1. The van der Waals surface area contributed by atoms with Crippen LogP contribution in [0.1, 0.15) is 50.9 Å². The highest BCUT2D eigenvalue weighted by molar-refractivity contribution is 7.90. The summed E-state index contributed by atoms with van der Waals surface area (Å²) < 4.78 is 30.8.